The Labute approximate surface area is 147 Å². The van der Waals surface area contributed by atoms with Crippen molar-refractivity contribution in [3.63, 3.8) is 0 Å². The Kier molecular flexibility index (Phi) is 5.45. The fraction of sp³-hybridized carbons (Fsp3) is 0.200. The van der Waals surface area contributed by atoms with E-state index in [1.165, 1.54) is 19.3 Å². The summed E-state index contributed by atoms with van der Waals surface area (Å²) in [6, 6.07) is 10.5. The second-order valence-electron chi connectivity index (χ2n) is 5.83. The maximum atomic E-state index is 12.5. The summed E-state index contributed by atoms with van der Waals surface area (Å²) < 4.78 is 5.04. The highest BCUT2D eigenvalue weighted by Gasteiger charge is 2.13. The number of nitriles is 1. The van der Waals surface area contributed by atoms with Gasteiger partial charge in [0.25, 0.3) is 5.91 Å². The number of aryl methyl sites for hydroxylation is 3. The number of nitrogens with zero attached hydrogens (tertiary/aromatic N) is 1. The summed E-state index contributed by atoms with van der Waals surface area (Å²) in [5.41, 5.74) is 4.25. The molecule has 2 aromatic rings. The molecule has 25 heavy (non-hydrogen) atoms. The predicted molar refractivity (Wildman–Crippen MR) is 97.5 cm³/mol. The van der Waals surface area contributed by atoms with Crippen LogP contribution in [0.15, 0.2) is 35.9 Å². The summed E-state index contributed by atoms with van der Waals surface area (Å²) in [6.45, 7) is 5.82. The number of phenols is 1. The first-order valence-electron chi connectivity index (χ1n) is 7.73. The van der Waals surface area contributed by atoms with Gasteiger partial charge in [-0.05, 0) is 55.7 Å². The number of anilines is 1. The highest BCUT2D eigenvalue weighted by Crippen LogP contribution is 2.27. The van der Waals surface area contributed by atoms with Crippen LogP contribution in [0.2, 0.25) is 0 Å². The highest BCUT2D eigenvalue weighted by molar-refractivity contribution is 6.10. The van der Waals surface area contributed by atoms with Gasteiger partial charge >= 0.3 is 0 Å². The van der Waals surface area contributed by atoms with Crippen LogP contribution in [0.3, 0.4) is 0 Å². The highest BCUT2D eigenvalue weighted by atomic mass is 16.5. The molecule has 0 aliphatic carbocycles. The van der Waals surface area contributed by atoms with Crippen LogP contribution in [-0.4, -0.2) is 18.1 Å². The van der Waals surface area contributed by atoms with Gasteiger partial charge in [-0.2, -0.15) is 5.26 Å². The molecule has 2 aromatic carbocycles. The van der Waals surface area contributed by atoms with Gasteiger partial charge in [-0.25, -0.2) is 0 Å². The molecule has 0 bridgehead atoms. The molecule has 0 saturated carbocycles. The molecule has 128 valence electrons. The average molecular weight is 336 g/mol. The Hall–Kier alpha value is -3.26. The van der Waals surface area contributed by atoms with Gasteiger partial charge in [-0.1, -0.05) is 23.8 Å². The Bertz CT molecular complexity index is 869. The molecule has 5 nitrogen and oxygen atoms in total. The Morgan fingerprint density at radius 3 is 2.40 bits per heavy atom. The number of benzene rings is 2. The number of hydrogen-bond donors (Lipinski definition) is 2. The van der Waals surface area contributed by atoms with Crippen molar-refractivity contribution >= 4 is 17.7 Å². The number of rotatable bonds is 4. The third-order valence-electron chi connectivity index (χ3n) is 3.80. The minimum Gasteiger partial charge on any atom is -0.504 e. The Morgan fingerprint density at radius 1 is 1.20 bits per heavy atom. The van der Waals surface area contributed by atoms with E-state index in [1.807, 2.05) is 39.0 Å². The number of ether oxygens (including phenoxy) is 1. The normalized spacial score (nSPS) is 10.9. The van der Waals surface area contributed by atoms with E-state index in [0.29, 0.717) is 11.3 Å². The minimum atomic E-state index is -0.482. The first kappa shape index (κ1) is 18.1. The molecule has 0 fully saturated rings. The molecule has 2 N–H and O–H groups in total. The molecule has 0 radical (unpaired) electrons. The van der Waals surface area contributed by atoms with E-state index < -0.39 is 5.91 Å². The quantitative estimate of drug-likeness (QED) is 0.656. The van der Waals surface area contributed by atoms with Gasteiger partial charge in [0.05, 0.1) is 7.11 Å². The molecule has 1 amide bonds. The number of carbonyl (C=O) groups is 1. The zero-order valence-electron chi connectivity index (χ0n) is 14.7. The lowest BCUT2D eigenvalue weighted by Gasteiger charge is -2.12. The maximum Gasteiger partial charge on any atom is 0.266 e. The van der Waals surface area contributed by atoms with Gasteiger partial charge in [0.2, 0.25) is 0 Å². The molecule has 0 spiro atoms. The molecular weight excluding hydrogens is 316 g/mol. The summed E-state index contributed by atoms with van der Waals surface area (Å²) in [5.74, 6) is -0.213. The van der Waals surface area contributed by atoms with Crippen LogP contribution in [0, 0.1) is 32.1 Å². The van der Waals surface area contributed by atoms with E-state index >= 15 is 0 Å². The minimum absolute atomic E-state index is 0.00601. The zero-order valence-corrected chi connectivity index (χ0v) is 14.7. The lowest BCUT2D eigenvalue weighted by molar-refractivity contribution is -0.112. The number of phenolic OH excluding ortho intramolecular Hbond substituents is 1. The summed E-state index contributed by atoms with van der Waals surface area (Å²) in [4.78, 5) is 12.5. The fourth-order valence-corrected chi connectivity index (χ4v) is 2.66. The van der Waals surface area contributed by atoms with Crippen LogP contribution >= 0.6 is 0 Å². The van der Waals surface area contributed by atoms with Gasteiger partial charge in [0, 0.05) is 5.69 Å². The largest absolute Gasteiger partial charge is 0.504 e. The van der Waals surface area contributed by atoms with E-state index in [4.69, 9.17) is 4.74 Å². The van der Waals surface area contributed by atoms with E-state index in [-0.39, 0.29) is 17.1 Å². The second-order valence-corrected chi connectivity index (χ2v) is 5.83. The van der Waals surface area contributed by atoms with Crippen molar-refractivity contribution < 1.29 is 14.6 Å². The van der Waals surface area contributed by atoms with Gasteiger partial charge in [-0.15, -0.1) is 0 Å². The van der Waals surface area contributed by atoms with E-state index in [9.17, 15) is 15.2 Å². The van der Waals surface area contributed by atoms with Gasteiger partial charge < -0.3 is 15.2 Å². The van der Waals surface area contributed by atoms with Crippen molar-refractivity contribution in [2.75, 3.05) is 12.4 Å². The van der Waals surface area contributed by atoms with Crippen LogP contribution in [-0.2, 0) is 4.79 Å². The van der Waals surface area contributed by atoms with Crippen LogP contribution in [0.1, 0.15) is 22.3 Å². The third-order valence-corrected chi connectivity index (χ3v) is 3.80. The Morgan fingerprint density at radius 2 is 1.84 bits per heavy atom. The molecule has 0 atom stereocenters. The van der Waals surface area contributed by atoms with Crippen LogP contribution in [0.25, 0.3) is 6.08 Å². The van der Waals surface area contributed by atoms with Crippen molar-refractivity contribution in [1.82, 2.24) is 0 Å². The second kappa shape index (κ2) is 7.54. The SMILES string of the molecule is COc1cc(C=C(C#N)C(=O)Nc2c(C)cc(C)cc2C)ccc1O. The first-order valence-corrected chi connectivity index (χ1v) is 7.73. The number of amides is 1. The van der Waals surface area contributed by atoms with E-state index in [0.717, 1.165) is 16.7 Å². The third kappa shape index (κ3) is 4.18. The molecule has 0 aliphatic rings. The van der Waals surface area contributed by atoms with Crippen molar-refractivity contribution in [3.8, 4) is 17.6 Å². The lowest BCUT2D eigenvalue weighted by Crippen LogP contribution is -2.15. The van der Waals surface area contributed by atoms with Crippen molar-refractivity contribution in [3.05, 3.63) is 58.2 Å². The summed E-state index contributed by atoms with van der Waals surface area (Å²) in [6.07, 6.45) is 1.45. The number of carbonyl (C=O) groups excluding carboxylic acids is 1. The topological polar surface area (TPSA) is 82.3 Å². The monoisotopic (exact) mass is 336 g/mol. The average Bonchev–Trinajstić information content (AvgIpc) is 2.57. The number of hydrogen-bond acceptors (Lipinski definition) is 4. The van der Waals surface area contributed by atoms with Crippen LogP contribution in [0.4, 0.5) is 5.69 Å². The van der Waals surface area contributed by atoms with Crippen molar-refractivity contribution in [1.29, 1.82) is 5.26 Å². The zero-order chi connectivity index (χ0) is 18.6. The molecule has 0 aliphatic heterocycles. The lowest BCUT2D eigenvalue weighted by atomic mass is 10.0. The smallest absolute Gasteiger partial charge is 0.266 e. The molecule has 5 heteroatoms. The summed E-state index contributed by atoms with van der Waals surface area (Å²) in [7, 11) is 1.43. The Balaban J connectivity index is 2.32. The summed E-state index contributed by atoms with van der Waals surface area (Å²) in [5, 5.41) is 21.8. The molecule has 0 heterocycles. The molecule has 0 saturated heterocycles. The van der Waals surface area contributed by atoms with Crippen LogP contribution < -0.4 is 10.1 Å². The first-order chi connectivity index (χ1) is 11.8. The van der Waals surface area contributed by atoms with Crippen molar-refractivity contribution in [2.45, 2.75) is 20.8 Å². The van der Waals surface area contributed by atoms with E-state index in [1.54, 1.807) is 12.1 Å². The van der Waals surface area contributed by atoms with Gasteiger partial charge in [-0.3, -0.25) is 4.79 Å². The van der Waals surface area contributed by atoms with E-state index in [2.05, 4.69) is 5.32 Å². The predicted octanol–water partition coefficient (Wildman–Crippen LogP) is 3.87. The van der Waals surface area contributed by atoms with Gasteiger partial charge in [0.1, 0.15) is 11.6 Å². The van der Waals surface area contributed by atoms with Crippen LogP contribution in [0.5, 0.6) is 11.5 Å². The standard InChI is InChI=1S/C20H20N2O3/c1-12-7-13(2)19(14(3)8-12)22-20(24)16(11-21)9-15-5-6-17(23)18(10-15)25-4/h5-10,23H,1-4H3,(H,22,24). The number of aromatic hydroxyl groups is 1. The maximum absolute atomic E-state index is 12.5. The van der Waals surface area contributed by atoms with Crippen molar-refractivity contribution in [2.24, 2.45) is 0 Å². The molecule has 0 unspecified atom stereocenters. The fourth-order valence-electron chi connectivity index (χ4n) is 2.66. The molecule has 0 aromatic heterocycles. The van der Waals surface area contributed by atoms with Gasteiger partial charge in [0.15, 0.2) is 11.5 Å². The summed E-state index contributed by atoms with van der Waals surface area (Å²) >= 11 is 0. The number of methoxy groups -OCH3 is 1. The molecule has 2 rings (SSSR count). The molecular formula is C20H20N2O3. The number of nitrogens with one attached hydrogen (secondary N) is 1.